The predicted molar refractivity (Wildman–Crippen MR) is 90.9 cm³/mol. The molecule has 0 aromatic heterocycles. The molecule has 2 aromatic carbocycles. The molecule has 0 spiro atoms. The highest BCUT2D eigenvalue weighted by Gasteiger charge is 2.41. The molecule has 1 aliphatic rings. The van der Waals surface area contributed by atoms with Crippen LogP contribution in [0.3, 0.4) is 0 Å². The molecule has 0 aliphatic carbocycles. The first-order valence-electron chi connectivity index (χ1n) is 13.0. The van der Waals surface area contributed by atoms with Gasteiger partial charge in [-0.1, -0.05) is 18.2 Å². The van der Waals surface area contributed by atoms with Crippen LogP contribution in [0.5, 0.6) is 0 Å². The van der Waals surface area contributed by atoms with E-state index in [1.165, 1.54) is 18.2 Å². The van der Waals surface area contributed by atoms with E-state index >= 15 is 0 Å². The first-order valence-corrected chi connectivity index (χ1v) is 6.99. The fourth-order valence-corrected chi connectivity index (χ4v) is 2.66. The number of fused-ring (bicyclic) bond motifs is 1. The number of rotatable bonds is 5. The molecule has 1 aliphatic heterocycles. The number of nitrogens with zero attached hydrogens (tertiary/aromatic N) is 2. The third kappa shape index (κ3) is 3.06. The third-order valence-electron chi connectivity index (χ3n) is 3.71. The van der Waals surface area contributed by atoms with Crippen LogP contribution < -0.4 is 0 Å². The van der Waals surface area contributed by atoms with Crippen LogP contribution in [0.4, 0.5) is 4.39 Å². The third-order valence-corrected chi connectivity index (χ3v) is 3.71. The zero-order valence-corrected chi connectivity index (χ0v) is 12.4. The Bertz CT molecular complexity index is 1170. The van der Waals surface area contributed by atoms with Gasteiger partial charge < -0.3 is 9.64 Å². The van der Waals surface area contributed by atoms with Crippen LogP contribution >= 0.6 is 0 Å². The summed E-state index contributed by atoms with van der Waals surface area (Å²) in [5, 5.41) is 9.23. The Morgan fingerprint density at radius 3 is 2.83 bits per heavy atom. The summed E-state index contributed by atoms with van der Waals surface area (Å²) in [5.74, 6) is -0.707. The highest BCUT2D eigenvalue weighted by Crippen LogP contribution is 2.45. The van der Waals surface area contributed by atoms with Crippen LogP contribution in [0.1, 0.15) is 51.4 Å². The normalized spacial score (nSPS) is 29.5. The Labute approximate surface area is 159 Å². The van der Waals surface area contributed by atoms with Crippen molar-refractivity contribution in [1.29, 1.82) is 5.26 Å². The van der Waals surface area contributed by atoms with Gasteiger partial charge in [0.25, 0.3) is 0 Å². The Morgan fingerprint density at radius 1 is 1.33 bits per heavy atom. The summed E-state index contributed by atoms with van der Waals surface area (Å²) in [6.07, 6.45) is -7.37. The summed E-state index contributed by atoms with van der Waals surface area (Å²) in [6, 6.07) is 10.0. The van der Waals surface area contributed by atoms with Crippen LogP contribution in [-0.4, -0.2) is 25.3 Å². The number of hydrogen-bond donors (Lipinski definition) is 0. The fourth-order valence-electron chi connectivity index (χ4n) is 2.66. The van der Waals surface area contributed by atoms with Crippen LogP contribution in [-0.2, 0) is 16.9 Å². The molecular weight excluding hydrogens is 303 g/mol. The van der Waals surface area contributed by atoms with Crippen molar-refractivity contribution in [3.05, 3.63) is 70.5 Å². The van der Waals surface area contributed by atoms with Crippen molar-refractivity contribution >= 4 is 0 Å². The number of halogens is 1. The van der Waals surface area contributed by atoms with Gasteiger partial charge in [-0.25, -0.2) is 4.39 Å². The predicted octanol–water partition coefficient (Wildman–Crippen LogP) is 3.81. The zero-order chi connectivity index (χ0) is 27.5. The van der Waals surface area contributed by atoms with E-state index in [0.717, 1.165) is 24.3 Å². The highest BCUT2D eigenvalue weighted by atomic mass is 19.1. The Kier molecular flexibility index (Phi) is 2.06. The van der Waals surface area contributed by atoms with E-state index in [-0.39, 0.29) is 28.9 Å². The van der Waals surface area contributed by atoms with Crippen molar-refractivity contribution in [3.63, 3.8) is 0 Å². The minimum atomic E-state index is -3.95. The van der Waals surface area contributed by atoms with E-state index in [0.29, 0.717) is 0 Å². The second-order valence-corrected chi connectivity index (χ2v) is 5.16. The SMILES string of the molecule is [2H]C([2H])([2H])N(C([2H])([2H])[2H])C([2H])([2H])C([2H])([2H])C([2H])([2H])[C@@]1(c2ccc(F)cc2)OCc2cc(C#N)ccc21. The van der Waals surface area contributed by atoms with Crippen molar-refractivity contribution in [2.45, 2.75) is 25.0 Å². The molecule has 0 unspecified atom stereocenters. The highest BCUT2D eigenvalue weighted by molar-refractivity contribution is 5.47. The van der Waals surface area contributed by atoms with Crippen molar-refractivity contribution in [2.24, 2.45) is 0 Å². The summed E-state index contributed by atoms with van der Waals surface area (Å²) >= 11 is 0. The maximum Gasteiger partial charge on any atom is 0.123 e. The summed E-state index contributed by atoms with van der Waals surface area (Å²) in [6.45, 7) is -11.7. The topological polar surface area (TPSA) is 36.3 Å². The second kappa shape index (κ2) is 6.72. The van der Waals surface area contributed by atoms with Gasteiger partial charge in [-0.15, -0.1) is 0 Å². The Hall–Kier alpha value is -2.22. The maximum atomic E-state index is 13.7. The number of ether oxygens (including phenoxy) is 1. The Morgan fingerprint density at radius 2 is 2.12 bits per heavy atom. The van der Waals surface area contributed by atoms with Gasteiger partial charge >= 0.3 is 0 Å². The molecule has 24 heavy (non-hydrogen) atoms. The molecule has 0 bridgehead atoms. The van der Waals surface area contributed by atoms with E-state index in [9.17, 15) is 9.65 Å². The molecule has 4 heteroatoms. The van der Waals surface area contributed by atoms with Gasteiger partial charge in [0.05, 0.1) is 18.2 Å². The lowest BCUT2D eigenvalue weighted by molar-refractivity contribution is -0.0140. The number of hydrogen-bond acceptors (Lipinski definition) is 3. The quantitative estimate of drug-likeness (QED) is 0.833. The smallest absolute Gasteiger partial charge is 0.123 e. The van der Waals surface area contributed by atoms with E-state index in [2.05, 4.69) is 0 Å². The molecule has 0 N–H and O–H groups in total. The standard InChI is InChI=1S/C20H21FN2O/c1-23(2)11-3-10-20(17-5-7-18(21)8-6-17)19-9-4-15(13-22)12-16(19)14-24-20/h4-9,12H,3,10-11,14H2,1-2H3/t20-/m0/s1/i1D3,2D3,3D2,10D2,11D2. The molecule has 3 nitrogen and oxygen atoms in total. The van der Waals surface area contributed by atoms with E-state index in [4.69, 9.17) is 21.2 Å². The largest absolute Gasteiger partial charge is 0.361 e. The molecule has 1 atom stereocenters. The van der Waals surface area contributed by atoms with Gasteiger partial charge in [-0.05, 0) is 74.2 Å². The first-order chi connectivity index (χ1) is 16.2. The van der Waals surface area contributed by atoms with Crippen molar-refractivity contribution in [1.82, 2.24) is 4.90 Å². The average Bonchev–Trinajstić information content (AvgIpc) is 3.11. The van der Waals surface area contributed by atoms with Gasteiger partial charge in [0.2, 0.25) is 0 Å². The monoisotopic (exact) mass is 336 g/mol. The van der Waals surface area contributed by atoms with Crippen LogP contribution in [0, 0.1) is 17.1 Å². The molecule has 0 radical (unpaired) electrons. The zero-order valence-electron chi connectivity index (χ0n) is 24.4. The van der Waals surface area contributed by atoms with E-state index in [1.54, 1.807) is 0 Å². The molecule has 0 amide bonds. The molecule has 0 saturated heterocycles. The van der Waals surface area contributed by atoms with E-state index in [1.807, 2.05) is 6.07 Å². The fraction of sp³-hybridized carbons (Fsp3) is 0.350. The van der Waals surface area contributed by atoms with Crippen molar-refractivity contribution in [3.8, 4) is 6.07 Å². The average molecular weight is 336 g/mol. The minimum Gasteiger partial charge on any atom is -0.361 e. The molecule has 0 saturated carbocycles. The number of nitriles is 1. The molecule has 2 aromatic rings. The van der Waals surface area contributed by atoms with Crippen LogP contribution in [0.2, 0.25) is 0 Å². The summed E-state index contributed by atoms with van der Waals surface area (Å²) in [5.41, 5.74) is -2.17. The lowest BCUT2D eigenvalue weighted by Crippen LogP contribution is -2.28. The molecule has 3 rings (SSSR count). The van der Waals surface area contributed by atoms with Gasteiger partial charge in [0.1, 0.15) is 11.4 Å². The summed E-state index contributed by atoms with van der Waals surface area (Å²) in [7, 11) is 0. The van der Waals surface area contributed by atoms with Crippen LogP contribution in [0.15, 0.2) is 42.5 Å². The first kappa shape index (κ1) is 7.35. The second-order valence-electron chi connectivity index (χ2n) is 5.16. The van der Waals surface area contributed by atoms with Gasteiger partial charge in [0, 0.05) is 16.4 Å². The Balaban J connectivity index is 2.35. The van der Waals surface area contributed by atoms with Crippen molar-refractivity contribution < 1.29 is 25.6 Å². The van der Waals surface area contributed by atoms with Crippen molar-refractivity contribution in [2.75, 3.05) is 20.4 Å². The molecule has 0 fully saturated rings. The molecular formula is C20H21FN2O. The van der Waals surface area contributed by atoms with Gasteiger partial charge in [-0.3, -0.25) is 0 Å². The van der Waals surface area contributed by atoms with Crippen LogP contribution in [0.25, 0.3) is 0 Å². The molecule has 124 valence electrons. The minimum absolute atomic E-state index is 0.00731. The van der Waals surface area contributed by atoms with Gasteiger partial charge in [-0.2, -0.15) is 5.26 Å². The van der Waals surface area contributed by atoms with E-state index < -0.39 is 49.5 Å². The molecule has 1 heterocycles. The lowest BCUT2D eigenvalue weighted by Gasteiger charge is -2.31. The maximum absolute atomic E-state index is 13.7. The van der Waals surface area contributed by atoms with Gasteiger partial charge in [0.15, 0.2) is 0 Å². The summed E-state index contributed by atoms with van der Waals surface area (Å²) in [4.78, 5) is -0.655. The number of benzene rings is 2. The summed E-state index contributed by atoms with van der Waals surface area (Å²) < 4.78 is 117. The lowest BCUT2D eigenvalue weighted by atomic mass is 9.81.